The maximum atomic E-state index is 13.9. The largest absolute Gasteiger partial charge is 0.486 e. The lowest BCUT2D eigenvalue weighted by Crippen LogP contribution is -2.19. The Bertz CT molecular complexity index is 1400. The molecule has 1 saturated heterocycles. The zero-order valence-corrected chi connectivity index (χ0v) is 21.2. The summed E-state index contributed by atoms with van der Waals surface area (Å²) in [7, 11) is 0. The van der Waals surface area contributed by atoms with Gasteiger partial charge in [-0.15, -0.1) is 0 Å². The number of benzene rings is 1. The van der Waals surface area contributed by atoms with E-state index in [1.165, 1.54) is 6.20 Å². The van der Waals surface area contributed by atoms with Crippen molar-refractivity contribution in [1.29, 1.82) is 0 Å². The molecular formula is C26H25Cl2FN4O2. The SMILES string of the molecule is Cc1cc(-c2nn(C3CCCCO3)c3ccc(O[C@H](C)c4c(Cl)cnc(C)c4Cl)cc23)cnc1F. The maximum absolute atomic E-state index is 13.9. The minimum atomic E-state index is -0.493. The molecule has 1 aromatic carbocycles. The van der Waals surface area contributed by atoms with Crippen LogP contribution < -0.4 is 4.74 Å². The lowest BCUT2D eigenvalue weighted by molar-refractivity contribution is -0.0365. The highest BCUT2D eigenvalue weighted by molar-refractivity contribution is 6.36. The number of hydrogen-bond acceptors (Lipinski definition) is 5. The van der Waals surface area contributed by atoms with E-state index >= 15 is 0 Å². The Morgan fingerprint density at radius 1 is 1.14 bits per heavy atom. The Kier molecular flexibility index (Phi) is 6.66. The van der Waals surface area contributed by atoms with Gasteiger partial charge in [0, 0.05) is 41.1 Å². The van der Waals surface area contributed by atoms with E-state index in [1.807, 2.05) is 36.7 Å². The lowest BCUT2D eigenvalue weighted by atomic mass is 10.1. The van der Waals surface area contributed by atoms with Gasteiger partial charge in [-0.2, -0.15) is 9.49 Å². The van der Waals surface area contributed by atoms with Crippen molar-refractivity contribution in [2.24, 2.45) is 0 Å². The van der Waals surface area contributed by atoms with Crippen LogP contribution in [0.1, 0.15) is 55.3 Å². The van der Waals surface area contributed by atoms with Crippen LogP contribution in [0.15, 0.2) is 36.7 Å². The van der Waals surface area contributed by atoms with E-state index in [0.29, 0.717) is 44.9 Å². The Hall–Kier alpha value is -2.74. The maximum Gasteiger partial charge on any atom is 0.215 e. The van der Waals surface area contributed by atoms with E-state index < -0.39 is 12.1 Å². The molecule has 0 amide bonds. The Labute approximate surface area is 213 Å². The number of aromatic nitrogens is 4. The molecule has 0 bridgehead atoms. The summed E-state index contributed by atoms with van der Waals surface area (Å²) >= 11 is 12.9. The summed E-state index contributed by atoms with van der Waals surface area (Å²) in [6, 6.07) is 7.55. The van der Waals surface area contributed by atoms with Gasteiger partial charge in [-0.1, -0.05) is 23.2 Å². The highest BCUT2D eigenvalue weighted by atomic mass is 35.5. The first-order valence-electron chi connectivity index (χ1n) is 11.6. The zero-order chi connectivity index (χ0) is 24.7. The third-order valence-electron chi connectivity index (χ3n) is 6.30. The molecule has 1 aliphatic heterocycles. The number of halogens is 3. The van der Waals surface area contributed by atoms with Gasteiger partial charge in [0.25, 0.3) is 0 Å². The number of nitrogens with zero attached hydrogens (tertiary/aromatic N) is 4. The van der Waals surface area contributed by atoms with E-state index in [0.717, 1.165) is 35.7 Å². The van der Waals surface area contributed by atoms with Crippen LogP contribution in [0.5, 0.6) is 5.75 Å². The second-order valence-electron chi connectivity index (χ2n) is 8.80. The summed E-state index contributed by atoms with van der Waals surface area (Å²) in [4.78, 5) is 8.11. The molecule has 0 N–H and O–H groups in total. The van der Waals surface area contributed by atoms with E-state index in [1.54, 1.807) is 19.2 Å². The van der Waals surface area contributed by atoms with Crippen LogP contribution >= 0.6 is 23.2 Å². The van der Waals surface area contributed by atoms with E-state index in [2.05, 4.69) is 9.97 Å². The first-order valence-corrected chi connectivity index (χ1v) is 12.3. The summed E-state index contributed by atoms with van der Waals surface area (Å²) in [5, 5.41) is 6.69. The number of hydrogen-bond donors (Lipinski definition) is 0. The fourth-order valence-corrected chi connectivity index (χ4v) is 5.10. The van der Waals surface area contributed by atoms with Crippen molar-refractivity contribution in [2.45, 2.75) is 52.4 Å². The summed E-state index contributed by atoms with van der Waals surface area (Å²) in [6.45, 7) is 6.11. The van der Waals surface area contributed by atoms with Crippen LogP contribution in [0.4, 0.5) is 4.39 Å². The fourth-order valence-electron chi connectivity index (χ4n) is 4.45. The lowest BCUT2D eigenvalue weighted by Gasteiger charge is -2.23. The summed E-state index contributed by atoms with van der Waals surface area (Å²) in [5.41, 5.74) is 4.16. The highest BCUT2D eigenvalue weighted by Crippen LogP contribution is 2.38. The fraction of sp³-hybridized carbons (Fsp3) is 0.346. The van der Waals surface area contributed by atoms with Gasteiger partial charge in [-0.3, -0.25) is 4.98 Å². The van der Waals surface area contributed by atoms with Gasteiger partial charge in [0.15, 0.2) is 6.23 Å². The minimum Gasteiger partial charge on any atom is -0.486 e. The second kappa shape index (κ2) is 9.72. The average molecular weight is 515 g/mol. The van der Waals surface area contributed by atoms with Gasteiger partial charge >= 0.3 is 0 Å². The molecule has 9 heteroatoms. The Morgan fingerprint density at radius 2 is 1.97 bits per heavy atom. The van der Waals surface area contributed by atoms with Crippen molar-refractivity contribution in [1.82, 2.24) is 19.7 Å². The molecule has 5 rings (SSSR count). The first-order chi connectivity index (χ1) is 16.8. The van der Waals surface area contributed by atoms with Crippen molar-refractivity contribution in [2.75, 3.05) is 6.61 Å². The van der Waals surface area contributed by atoms with Crippen molar-refractivity contribution in [3.63, 3.8) is 0 Å². The average Bonchev–Trinajstić information content (AvgIpc) is 3.23. The van der Waals surface area contributed by atoms with E-state index in [-0.39, 0.29) is 6.23 Å². The van der Waals surface area contributed by atoms with Crippen LogP contribution in [0.2, 0.25) is 10.0 Å². The van der Waals surface area contributed by atoms with Crippen LogP contribution in [-0.2, 0) is 4.74 Å². The number of rotatable bonds is 5. The predicted octanol–water partition coefficient (Wildman–Crippen LogP) is 7.40. The van der Waals surface area contributed by atoms with Crippen LogP contribution in [0.25, 0.3) is 22.2 Å². The smallest absolute Gasteiger partial charge is 0.215 e. The molecule has 4 heterocycles. The third kappa shape index (κ3) is 4.60. The van der Waals surface area contributed by atoms with Gasteiger partial charge in [-0.25, -0.2) is 9.67 Å². The molecule has 4 aromatic rings. The quantitative estimate of drug-likeness (QED) is 0.259. The molecule has 1 unspecified atom stereocenters. The summed E-state index contributed by atoms with van der Waals surface area (Å²) < 4.78 is 28.1. The Balaban J connectivity index is 1.58. The van der Waals surface area contributed by atoms with Crippen molar-refractivity contribution in [3.8, 4) is 17.0 Å². The van der Waals surface area contributed by atoms with Crippen molar-refractivity contribution < 1.29 is 13.9 Å². The van der Waals surface area contributed by atoms with Crippen LogP contribution in [-0.4, -0.2) is 26.4 Å². The summed E-state index contributed by atoms with van der Waals surface area (Å²) in [6.07, 6.45) is 5.51. The molecular weight excluding hydrogens is 490 g/mol. The third-order valence-corrected chi connectivity index (χ3v) is 7.07. The molecule has 0 saturated carbocycles. The monoisotopic (exact) mass is 514 g/mol. The van der Waals surface area contributed by atoms with Crippen LogP contribution in [0.3, 0.4) is 0 Å². The molecule has 3 aromatic heterocycles. The summed E-state index contributed by atoms with van der Waals surface area (Å²) in [5.74, 6) is 0.135. The molecule has 182 valence electrons. The molecule has 6 nitrogen and oxygen atoms in total. The first kappa shape index (κ1) is 24.0. The highest BCUT2D eigenvalue weighted by Gasteiger charge is 2.24. The minimum absolute atomic E-state index is 0.155. The van der Waals surface area contributed by atoms with E-state index in [4.69, 9.17) is 37.8 Å². The second-order valence-corrected chi connectivity index (χ2v) is 9.59. The number of ether oxygens (including phenoxy) is 2. The number of pyridine rings is 2. The van der Waals surface area contributed by atoms with Gasteiger partial charge < -0.3 is 9.47 Å². The molecule has 1 aliphatic rings. The molecule has 0 radical (unpaired) electrons. The molecule has 1 fully saturated rings. The molecule has 0 aliphatic carbocycles. The number of aryl methyl sites for hydroxylation is 2. The predicted molar refractivity (Wildman–Crippen MR) is 135 cm³/mol. The van der Waals surface area contributed by atoms with Crippen molar-refractivity contribution in [3.05, 3.63) is 69.5 Å². The molecule has 35 heavy (non-hydrogen) atoms. The molecule has 2 atom stereocenters. The van der Waals surface area contributed by atoms with Gasteiger partial charge in [0.1, 0.15) is 17.5 Å². The van der Waals surface area contributed by atoms with Gasteiger partial charge in [-0.05, 0) is 64.3 Å². The topological polar surface area (TPSA) is 62.1 Å². The Morgan fingerprint density at radius 3 is 2.71 bits per heavy atom. The molecule has 0 spiro atoms. The van der Waals surface area contributed by atoms with Crippen molar-refractivity contribution >= 4 is 34.1 Å². The standard InChI is InChI=1S/C26H25Cl2FN4O2/c1-14-10-17(12-31-26(14)29)25-19-11-18(35-16(3)23-20(27)13-30-15(2)24(23)28)7-8-21(19)33(32-25)22-6-4-5-9-34-22/h7-8,10-13,16,22H,4-6,9H2,1-3H3/t16-,22?/m1/s1. The van der Waals surface area contributed by atoms with E-state index in [9.17, 15) is 4.39 Å². The van der Waals surface area contributed by atoms with Gasteiger partial charge in [0.2, 0.25) is 5.95 Å². The van der Waals surface area contributed by atoms with Crippen LogP contribution in [0, 0.1) is 19.8 Å². The normalized spacial score (nSPS) is 17.0. The zero-order valence-electron chi connectivity index (χ0n) is 19.7. The van der Waals surface area contributed by atoms with Gasteiger partial charge in [0.05, 0.1) is 21.3 Å². The number of fused-ring (bicyclic) bond motifs is 1.